The third-order valence-electron chi connectivity index (χ3n) is 4.85. The van der Waals surface area contributed by atoms with Crippen molar-refractivity contribution in [1.29, 1.82) is 0 Å². The van der Waals surface area contributed by atoms with Gasteiger partial charge in [0.1, 0.15) is 5.82 Å². The smallest absolute Gasteiger partial charge is 0.228 e. The van der Waals surface area contributed by atoms with Crippen molar-refractivity contribution in [3.8, 4) is 0 Å². The molecule has 126 valence electrons. The van der Waals surface area contributed by atoms with Crippen molar-refractivity contribution in [1.82, 2.24) is 19.4 Å². The van der Waals surface area contributed by atoms with Gasteiger partial charge in [0.15, 0.2) is 0 Å². The maximum atomic E-state index is 12.3. The van der Waals surface area contributed by atoms with Gasteiger partial charge >= 0.3 is 0 Å². The summed E-state index contributed by atoms with van der Waals surface area (Å²) in [4.78, 5) is 33.1. The van der Waals surface area contributed by atoms with Gasteiger partial charge in [-0.05, 0) is 19.8 Å². The molecule has 0 N–H and O–H groups in total. The van der Waals surface area contributed by atoms with Gasteiger partial charge in [-0.3, -0.25) is 9.59 Å². The molecule has 1 saturated heterocycles. The molecule has 0 spiro atoms. The molecule has 1 atom stereocenters. The molecular weight excluding hydrogens is 292 g/mol. The quantitative estimate of drug-likeness (QED) is 0.851. The predicted octanol–water partition coefficient (Wildman–Crippen LogP) is 1.61. The average Bonchev–Trinajstić information content (AvgIpc) is 3.16. The zero-order chi connectivity index (χ0) is 16.6. The monoisotopic (exact) mass is 318 g/mol. The van der Waals surface area contributed by atoms with Crippen LogP contribution in [-0.4, -0.2) is 50.8 Å². The molecule has 0 aromatic carbocycles. The second-order valence-corrected chi connectivity index (χ2v) is 6.91. The van der Waals surface area contributed by atoms with E-state index in [0.29, 0.717) is 13.0 Å². The summed E-state index contributed by atoms with van der Waals surface area (Å²) in [5.41, 5.74) is 0.822. The first kappa shape index (κ1) is 16.0. The van der Waals surface area contributed by atoms with Crippen LogP contribution < -0.4 is 0 Å². The van der Waals surface area contributed by atoms with E-state index in [4.69, 9.17) is 0 Å². The number of hydrogen-bond acceptors (Lipinski definition) is 3. The molecule has 2 amide bonds. The van der Waals surface area contributed by atoms with E-state index in [1.54, 1.807) is 0 Å². The van der Waals surface area contributed by atoms with Crippen LogP contribution in [0.4, 0.5) is 0 Å². The standard InChI is InChI=1S/C17H26N4O2/c1-12(2)17(23)21-9-8-20-11-14(18-16(20)13(21)3)10-15(22)19-6-4-5-7-19/h11-13H,4-10H2,1-3H3/t13-/m0/s1. The van der Waals surface area contributed by atoms with Crippen molar-refractivity contribution in [3.05, 3.63) is 17.7 Å². The lowest BCUT2D eigenvalue weighted by Crippen LogP contribution is -2.42. The van der Waals surface area contributed by atoms with Crippen molar-refractivity contribution >= 4 is 11.8 Å². The molecule has 6 nitrogen and oxygen atoms in total. The zero-order valence-electron chi connectivity index (χ0n) is 14.3. The Hall–Kier alpha value is -1.85. The molecule has 0 unspecified atom stereocenters. The van der Waals surface area contributed by atoms with E-state index in [1.807, 2.05) is 36.8 Å². The van der Waals surface area contributed by atoms with E-state index in [9.17, 15) is 9.59 Å². The van der Waals surface area contributed by atoms with Gasteiger partial charge in [-0.15, -0.1) is 0 Å². The highest BCUT2D eigenvalue weighted by Crippen LogP contribution is 2.26. The van der Waals surface area contributed by atoms with E-state index in [-0.39, 0.29) is 23.8 Å². The normalized spacial score (nSPS) is 21.0. The van der Waals surface area contributed by atoms with Crippen molar-refractivity contribution in [2.75, 3.05) is 19.6 Å². The molecule has 3 heterocycles. The summed E-state index contributed by atoms with van der Waals surface area (Å²) in [5, 5.41) is 0. The fourth-order valence-electron chi connectivity index (χ4n) is 3.50. The Balaban J connectivity index is 1.72. The van der Waals surface area contributed by atoms with Crippen LogP contribution in [0.25, 0.3) is 0 Å². The van der Waals surface area contributed by atoms with E-state index < -0.39 is 0 Å². The molecule has 0 radical (unpaired) electrons. The van der Waals surface area contributed by atoms with E-state index >= 15 is 0 Å². The Labute approximate surface area is 137 Å². The van der Waals surface area contributed by atoms with Gasteiger partial charge in [0, 0.05) is 38.3 Å². The van der Waals surface area contributed by atoms with E-state index in [0.717, 1.165) is 44.0 Å². The van der Waals surface area contributed by atoms with Gasteiger partial charge in [-0.25, -0.2) is 4.98 Å². The summed E-state index contributed by atoms with van der Waals surface area (Å²) < 4.78 is 2.10. The molecule has 0 bridgehead atoms. The number of hydrogen-bond donors (Lipinski definition) is 0. The molecule has 2 aliphatic rings. The first-order valence-electron chi connectivity index (χ1n) is 8.61. The lowest BCUT2D eigenvalue weighted by Gasteiger charge is -2.34. The highest BCUT2D eigenvalue weighted by molar-refractivity contribution is 5.79. The number of aromatic nitrogens is 2. The zero-order valence-corrected chi connectivity index (χ0v) is 14.3. The van der Waals surface area contributed by atoms with Crippen LogP contribution in [-0.2, 0) is 22.6 Å². The highest BCUT2D eigenvalue weighted by atomic mass is 16.2. The lowest BCUT2D eigenvalue weighted by molar-refractivity contribution is -0.137. The molecule has 6 heteroatoms. The lowest BCUT2D eigenvalue weighted by atomic mass is 10.1. The van der Waals surface area contributed by atoms with Gasteiger partial charge in [-0.2, -0.15) is 0 Å². The molecule has 3 rings (SSSR count). The molecule has 1 aromatic rings. The van der Waals surface area contributed by atoms with Crippen LogP contribution in [0.5, 0.6) is 0 Å². The Bertz CT molecular complexity index is 602. The number of amides is 2. The van der Waals surface area contributed by atoms with Crippen molar-refractivity contribution in [2.24, 2.45) is 5.92 Å². The molecule has 1 fully saturated rings. The molecule has 1 aromatic heterocycles. The highest BCUT2D eigenvalue weighted by Gasteiger charge is 2.31. The molecule has 23 heavy (non-hydrogen) atoms. The minimum atomic E-state index is -0.0331. The number of likely N-dealkylation sites (tertiary alicyclic amines) is 1. The summed E-state index contributed by atoms with van der Waals surface area (Å²) in [6, 6.07) is -0.0331. The number of rotatable bonds is 3. The molecule has 2 aliphatic heterocycles. The van der Waals surface area contributed by atoms with Crippen LogP contribution in [0.15, 0.2) is 6.20 Å². The Morgan fingerprint density at radius 1 is 1.22 bits per heavy atom. The molecule has 0 aliphatic carbocycles. The van der Waals surface area contributed by atoms with Crippen molar-refractivity contribution in [2.45, 2.75) is 52.6 Å². The fourth-order valence-corrected chi connectivity index (χ4v) is 3.50. The fraction of sp³-hybridized carbons (Fsp3) is 0.706. The first-order chi connectivity index (χ1) is 11.0. The molecule has 0 saturated carbocycles. The third kappa shape index (κ3) is 3.12. The third-order valence-corrected chi connectivity index (χ3v) is 4.85. The van der Waals surface area contributed by atoms with Gasteiger partial charge in [0.2, 0.25) is 11.8 Å². The Kier molecular flexibility index (Phi) is 4.41. The summed E-state index contributed by atoms with van der Waals surface area (Å²) in [7, 11) is 0. The summed E-state index contributed by atoms with van der Waals surface area (Å²) >= 11 is 0. The van der Waals surface area contributed by atoms with Crippen LogP contribution in [0, 0.1) is 5.92 Å². The minimum Gasteiger partial charge on any atom is -0.342 e. The van der Waals surface area contributed by atoms with E-state index in [1.165, 1.54) is 0 Å². The topological polar surface area (TPSA) is 58.4 Å². The number of imidazole rings is 1. The van der Waals surface area contributed by atoms with E-state index in [2.05, 4.69) is 9.55 Å². The van der Waals surface area contributed by atoms with Gasteiger partial charge in [0.05, 0.1) is 18.2 Å². The van der Waals surface area contributed by atoms with Crippen LogP contribution in [0.3, 0.4) is 0 Å². The van der Waals surface area contributed by atoms with Gasteiger partial charge < -0.3 is 14.4 Å². The second-order valence-electron chi connectivity index (χ2n) is 6.91. The van der Waals surface area contributed by atoms with Gasteiger partial charge in [-0.1, -0.05) is 13.8 Å². The van der Waals surface area contributed by atoms with Crippen molar-refractivity contribution in [3.63, 3.8) is 0 Å². The van der Waals surface area contributed by atoms with Crippen LogP contribution in [0.2, 0.25) is 0 Å². The largest absolute Gasteiger partial charge is 0.342 e. The average molecular weight is 318 g/mol. The van der Waals surface area contributed by atoms with Crippen LogP contribution in [0.1, 0.15) is 51.2 Å². The number of carbonyl (C=O) groups is 2. The van der Waals surface area contributed by atoms with Gasteiger partial charge in [0.25, 0.3) is 0 Å². The second kappa shape index (κ2) is 6.34. The summed E-state index contributed by atoms with van der Waals surface area (Å²) in [5.74, 6) is 1.23. The van der Waals surface area contributed by atoms with Crippen LogP contribution >= 0.6 is 0 Å². The molecular formula is C17H26N4O2. The minimum absolute atomic E-state index is 0.00447. The Morgan fingerprint density at radius 3 is 2.57 bits per heavy atom. The maximum Gasteiger partial charge on any atom is 0.228 e. The van der Waals surface area contributed by atoms with Crippen molar-refractivity contribution < 1.29 is 9.59 Å². The number of carbonyl (C=O) groups excluding carboxylic acids is 2. The SMILES string of the molecule is CC(C)C(=O)N1CCn2cc(CC(=O)N3CCCC3)nc2[C@@H]1C. The first-order valence-corrected chi connectivity index (χ1v) is 8.61. The summed E-state index contributed by atoms with van der Waals surface area (Å²) in [6.07, 6.45) is 4.56. The number of nitrogens with zero attached hydrogens (tertiary/aromatic N) is 4. The predicted molar refractivity (Wildman–Crippen MR) is 86.7 cm³/mol. The number of fused-ring (bicyclic) bond motifs is 1. The Morgan fingerprint density at radius 2 is 1.91 bits per heavy atom. The summed E-state index contributed by atoms with van der Waals surface area (Å²) in [6.45, 7) is 9.08. The maximum absolute atomic E-state index is 12.3.